The Bertz CT molecular complexity index is 1530. The summed E-state index contributed by atoms with van der Waals surface area (Å²) in [5.74, 6) is -2.03. The van der Waals surface area contributed by atoms with Crippen LogP contribution in [0.3, 0.4) is 0 Å². The molecule has 3 aromatic rings. The molecular formula is C34H43ClN8O5. The van der Waals surface area contributed by atoms with Gasteiger partial charge in [0, 0.05) is 17.1 Å². The van der Waals surface area contributed by atoms with Crippen LogP contribution in [-0.2, 0) is 21.0 Å². The van der Waals surface area contributed by atoms with E-state index in [1.807, 2.05) is 12.1 Å². The van der Waals surface area contributed by atoms with Crippen LogP contribution in [0.25, 0.3) is 0 Å². The molecule has 48 heavy (non-hydrogen) atoms. The first-order valence-electron chi connectivity index (χ1n) is 15.6. The van der Waals surface area contributed by atoms with Gasteiger partial charge in [0.05, 0.1) is 0 Å². The van der Waals surface area contributed by atoms with Crippen molar-refractivity contribution in [2.75, 3.05) is 13.1 Å². The predicted molar refractivity (Wildman–Crippen MR) is 185 cm³/mol. The third-order valence-electron chi connectivity index (χ3n) is 7.26. The van der Waals surface area contributed by atoms with E-state index in [2.05, 4.69) is 20.9 Å². The number of benzene rings is 3. The van der Waals surface area contributed by atoms with Crippen LogP contribution in [0, 0.1) is 0 Å². The summed E-state index contributed by atoms with van der Waals surface area (Å²) in [5.41, 5.74) is 23.9. The van der Waals surface area contributed by atoms with Gasteiger partial charge >= 0.3 is 0 Å². The number of nitrogens with two attached hydrogens (primary N) is 4. The summed E-state index contributed by atoms with van der Waals surface area (Å²) in [4.78, 5) is 56.5. The first kappa shape index (κ1) is 37.3. The Morgan fingerprint density at radius 3 is 2.08 bits per heavy atom. The fourth-order valence-electron chi connectivity index (χ4n) is 4.75. The largest absolute Gasteiger partial charge is 0.489 e. The second-order valence-electron chi connectivity index (χ2n) is 11.0. The number of halogens is 1. The average molecular weight is 679 g/mol. The zero-order valence-electron chi connectivity index (χ0n) is 26.6. The van der Waals surface area contributed by atoms with E-state index in [4.69, 9.17) is 39.3 Å². The molecule has 0 radical (unpaired) electrons. The monoisotopic (exact) mass is 678 g/mol. The standard InChI is InChI=1S/C34H43ClN8O5/c35-25-11-6-8-22(20-25)21-48-26-16-14-23(15-17-26)29(30(37)44)43-33(47)27(12-4-5-18-36)42-32(46)28(13-7-19-40-34(38)39)41-31(45)24-9-2-1-3-10-24/h1-3,6,8-11,14-17,20,27-29H,4-5,7,12-13,18-19,21,36H2,(H2,37,44)(H,41,45)(H,42,46)(H,43,47)(H4,38,39,40)/t27-,28-,29+/m0/s1. The SMILES string of the molecule is NCCCC[C@H](NC(=O)[C@H](CCCN=C(N)N)NC(=O)c1ccccc1)C(=O)N[C@@H](C(N)=O)c1ccc(OCc2cccc(Cl)c2)cc1. The average Bonchev–Trinajstić information content (AvgIpc) is 3.07. The van der Waals surface area contributed by atoms with E-state index < -0.39 is 41.8 Å². The molecule has 0 aliphatic heterocycles. The Hall–Kier alpha value is -5.14. The van der Waals surface area contributed by atoms with E-state index in [-0.39, 0.29) is 32.0 Å². The first-order valence-corrected chi connectivity index (χ1v) is 15.9. The summed E-state index contributed by atoms with van der Waals surface area (Å²) in [6.07, 6.45) is 1.90. The van der Waals surface area contributed by atoms with E-state index in [1.165, 1.54) is 0 Å². The number of nitrogens with zero attached hydrogens (tertiary/aromatic N) is 1. The maximum Gasteiger partial charge on any atom is 0.251 e. The number of rotatable bonds is 19. The van der Waals surface area contributed by atoms with Gasteiger partial charge in [0.25, 0.3) is 5.91 Å². The van der Waals surface area contributed by atoms with Crippen LogP contribution in [0.2, 0.25) is 5.02 Å². The lowest BCUT2D eigenvalue weighted by Crippen LogP contribution is -2.54. The van der Waals surface area contributed by atoms with Gasteiger partial charge in [0.2, 0.25) is 17.7 Å². The highest BCUT2D eigenvalue weighted by atomic mass is 35.5. The second kappa shape index (κ2) is 19.5. The number of amides is 4. The molecule has 3 atom stereocenters. The molecule has 256 valence electrons. The summed E-state index contributed by atoms with van der Waals surface area (Å²) < 4.78 is 5.82. The quantitative estimate of drug-likeness (QED) is 0.0562. The molecule has 0 aliphatic carbocycles. The molecule has 13 nitrogen and oxygen atoms in total. The predicted octanol–water partition coefficient (Wildman–Crippen LogP) is 2.03. The van der Waals surface area contributed by atoms with Crippen LogP contribution in [0.15, 0.2) is 83.9 Å². The third-order valence-corrected chi connectivity index (χ3v) is 7.50. The molecule has 14 heteroatoms. The van der Waals surface area contributed by atoms with Crippen LogP contribution >= 0.6 is 11.6 Å². The fraction of sp³-hybridized carbons (Fsp3) is 0.324. The van der Waals surface area contributed by atoms with Crippen LogP contribution in [0.4, 0.5) is 0 Å². The summed E-state index contributed by atoms with van der Waals surface area (Å²) in [7, 11) is 0. The molecule has 0 unspecified atom stereocenters. The summed E-state index contributed by atoms with van der Waals surface area (Å²) >= 11 is 6.04. The van der Waals surface area contributed by atoms with E-state index in [1.54, 1.807) is 66.7 Å². The molecule has 0 saturated heterocycles. The lowest BCUT2D eigenvalue weighted by Gasteiger charge is -2.25. The maximum absolute atomic E-state index is 13.6. The summed E-state index contributed by atoms with van der Waals surface area (Å²) in [6, 6.07) is 19.0. The van der Waals surface area contributed by atoms with Crippen molar-refractivity contribution < 1.29 is 23.9 Å². The van der Waals surface area contributed by atoms with Gasteiger partial charge in [-0.15, -0.1) is 0 Å². The molecule has 0 spiro atoms. The number of nitrogens with one attached hydrogen (secondary N) is 3. The van der Waals surface area contributed by atoms with Crippen molar-refractivity contribution in [2.45, 2.75) is 56.8 Å². The molecule has 0 heterocycles. The molecule has 0 aromatic heterocycles. The highest BCUT2D eigenvalue weighted by molar-refractivity contribution is 6.30. The van der Waals surface area contributed by atoms with Gasteiger partial charge in [-0.3, -0.25) is 24.2 Å². The normalized spacial score (nSPS) is 12.5. The molecule has 4 amide bonds. The molecule has 0 aliphatic rings. The number of unbranched alkanes of at least 4 members (excludes halogenated alkanes) is 1. The van der Waals surface area contributed by atoms with Crippen molar-refractivity contribution in [1.29, 1.82) is 0 Å². The van der Waals surface area contributed by atoms with Crippen LogP contribution in [0.5, 0.6) is 5.75 Å². The summed E-state index contributed by atoms with van der Waals surface area (Å²) in [6.45, 7) is 0.901. The minimum atomic E-state index is -1.19. The van der Waals surface area contributed by atoms with Crippen LogP contribution in [-0.4, -0.2) is 54.8 Å². The third kappa shape index (κ3) is 12.6. The lowest BCUT2D eigenvalue weighted by molar-refractivity contribution is -0.132. The summed E-state index contributed by atoms with van der Waals surface area (Å²) in [5, 5.41) is 8.76. The topological polar surface area (TPSA) is 230 Å². The molecule has 3 aromatic carbocycles. The highest BCUT2D eigenvalue weighted by Gasteiger charge is 2.29. The Morgan fingerprint density at radius 2 is 1.44 bits per heavy atom. The number of guanidine groups is 1. The lowest BCUT2D eigenvalue weighted by atomic mass is 10.0. The highest BCUT2D eigenvalue weighted by Crippen LogP contribution is 2.20. The van der Waals surface area contributed by atoms with Crippen molar-refractivity contribution in [3.05, 3.63) is 101 Å². The number of hydrogen-bond donors (Lipinski definition) is 7. The number of primary amides is 1. The Kier molecular flexibility index (Phi) is 15.2. The first-order chi connectivity index (χ1) is 23.1. The van der Waals surface area contributed by atoms with Gasteiger partial charge < -0.3 is 43.6 Å². The van der Waals surface area contributed by atoms with Gasteiger partial charge in [-0.25, -0.2) is 0 Å². The second-order valence-corrected chi connectivity index (χ2v) is 11.5. The van der Waals surface area contributed by atoms with Crippen molar-refractivity contribution in [2.24, 2.45) is 27.9 Å². The van der Waals surface area contributed by atoms with Crippen LogP contribution in [0.1, 0.15) is 59.6 Å². The smallest absolute Gasteiger partial charge is 0.251 e. The number of carbonyl (C=O) groups excluding carboxylic acids is 4. The number of aliphatic imine (C=N–C) groups is 1. The van der Waals surface area contributed by atoms with E-state index in [0.717, 1.165) is 5.56 Å². The van der Waals surface area contributed by atoms with Gasteiger partial charge in [0.1, 0.15) is 30.5 Å². The van der Waals surface area contributed by atoms with Crippen molar-refractivity contribution >= 4 is 41.2 Å². The Morgan fingerprint density at radius 1 is 0.771 bits per heavy atom. The Labute approximate surface area is 284 Å². The van der Waals surface area contributed by atoms with Crippen molar-refractivity contribution in [3.8, 4) is 5.75 Å². The Balaban J connectivity index is 1.73. The van der Waals surface area contributed by atoms with E-state index in [0.29, 0.717) is 47.7 Å². The number of hydrogen-bond acceptors (Lipinski definition) is 7. The molecule has 0 bridgehead atoms. The van der Waals surface area contributed by atoms with E-state index >= 15 is 0 Å². The van der Waals surface area contributed by atoms with Gasteiger partial charge in [-0.1, -0.05) is 54.1 Å². The maximum atomic E-state index is 13.6. The molecule has 11 N–H and O–H groups in total. The molecule has 0 fully saturated rings. The van der Waals surface area contributed by atoms with Crippen molar-refractivity contribution in [3.63, 3.8) is 0 Å². The minimum Gasteiger partial charge on any atom is -0.489 e. The fourth-order valence-corrected chi connectivity index (χ4v) is 4.96. The number of carbonyl (C=O) groups is 4. The zero-order chi connectivity index (χ0) is 34.9. The van der Waals surface area contributed by atoms with Crippen LogP contribution < -0.4 is 43.6 Å². The minimum absolute atomic E-state index is 0.0929. The zero-order valence-corrected chi connectivity index (χ0v) is 27.3. The number of ether oxygens (including phenoxy) is 1. The van der Waals surface area contributed by atoms with Gasteiger partial charge in [-0.2, -0.15) is 0 Å². The molecule has 0 saturated carbocycles. The molecular weight excluding hydrogens is 636 g/mol. The van der Waals surface area contributed by atoms with Gasteiger partial charge in [-0.05, 0) is 86.2 Å². The van der Waals surface area contributed by atoms with E-state index in [9.17, 15) is 19.2 Å². The molecule has 3 rings (SSSR count). The van der Waals surface area contributed by atoms with Gasteiger partial charge in [0.15, 0.2) is 5.96 Å². The van der Waals surface area contributed by atoms with Crippen molar-refractivity contribution in [1.82, 2.24) is 16.0 Å².